The molecule has 2 aromatic rings. The number of piperidine rings is 1. The minimum absolute atomic E-state index is 0.0333. The molecule has 0 unspecified atom stereocenters. The Morgan fingerprint density at radius 2 is 1.88 bits per heavy atom. The molecular weight excluding hydrogens is 320 g/mol. The molecule has 0 radical (unpaired) electrons. The number of likely N-dealkylation sites (tertiary alicyclic amines) is 1. The Morgan fingerprint density at radius 1 is 1.17 bits per heavy atom. The normalized spacial score (nSPS) is 15.3. The van der Waals surface area contributed by atoms with Gasteiger partial charge in [0.15, 0.2) is 0 Å². The molecule has 1 aliphatic heterocycles. The molecule has 4 nitrogen and oxygen atoms in total. The van der Waals surface area contributed by atoms with Crippen LogP contribution in [0.2, 0.25) is 0 Å². The van der Waals surface area contributed by atoms with Crippen LogP contribution < -0.4 is 5.32 Å². The van der Waals surface area contributed by atoms with Crippen LogP contribution in [0.25, 0.3) is 11.1 Å². The summed E-state index contributed by atoms with van der Waals surface area (Å²) in [5, 5.41) is 4.85. The molecule has 1 N–H and O–H groups in total. The fraction of sp³-hybridized carbons (Fsp3) is 0.368. The van der Waals surface area contributed by atoms with Crippen molar-refractivity contribution in [3.05, 3.63) is 46.7 Å². The average Bonchev–Trinajstić information content (AvgIpc) is 3.12. The number of rotatable bonds is 4. The van der Waals surface area contributed by atoms with Crippen LogP contribution in [0.3, 0.4) is 0 Å². The molecule has 0 saturated carbocycles. The molecule has 1 aromatic heterocycles. The first-order valence-electron chi connectivity index (χ1n) is 8.40. The Morgan fingerprint density at radius 3 is 2.54 bits per heavy atom. The molecule has 1 saturated heterocycles. The first-order chi connectivity index (χ1) is 11.7. The van der Waals surface area contributed by atoms with E-state index < -0.39 is 0 Å². The Bertz CT molecular complexity index is 703. The van der Waals surface area contributed by atoms with Crippen molar-refractivity contribution < 1.29 is 9.59 Å². The van der Waals surface area contributed by atoms with Crippen LogP contribution in [0, 0.1) is 5.92 Å². The van der Waals surface area contributed by atoms with Crippen molar-refractivity contribution >= 4 is 23.2 Å². The van der Waals surface area contributed by atoms with Gasteiger partial charge in [-0.05, 0) is 36.8 Å². The molecular formula is C19H22N2O2S. The number of carbonyl (C=O) groups is 2. The highest BCUT2D eigenvalue weighted by Gasteiger charge is 2.29. The number of thiophene rings is 1. The summed E-state index contributed by atoms with van der Waals surface area (Å²) < 4.78 is 0. The highest BCUT2D eigenvalue weighted by molar-refractivity contribution is 7.12. The quantitative estimate of drug-likeness (QED) is 0.926. The van der Waals surface area contributed by atoms with E-state index in [9.17, 15) is 9.59 Å². The van der Waals surface area contributed by atoms with Gasteiger partial charge in [-0.15, -0.1) is 11.3 Å². The van der Waals surface area contributed by atoms with Gasteiger partial charge in [0.25, 0.3) is 5.91 Å². The number of carbonyl (C=O) groups excluding carboxylic acids is 2. The molecule has 2 amide bonds. The van der Waals surface area contributed by atoms with E-state index in [0.717, 1.165) is 28.8 Å². The van der Waals surface area contributed by atoms with Crippen molar-refractivity contribution in [3.8, 4) is 11.1 Å². The highest BCUT2D eigenvalue weighted by Crippen LogP contribution is 2.30. The zero-order valence-corrected chi connectivity index (χ0v) is 14.6. The molecule has 0 spiro atoms. The van der Waals surface area contributed by atoms with Crippen molar-refractivity contribution in [3.63, 3.8) is 0 Å². The monoisotopic (exact) mass is 342 g/mol. The second-order valence-corrected chi connectivity index (χ2v) is 6.91. The lowest BCUT2D eigenvalue weighted by Gasteiger charge is -2.31. The van der Waals surface area contributed by atoms with Crippen molar-refractivity contribution in [1.29, 1.82) is 0 Å². The number of benzene rings is 1. The highest BCUT2D eigenvalue weighted by atomic mass is 32.1. The van der Waals surface area contributed by atoms with Gasteiger partial charge < -0.3 is 10.2 Å². The van der Waals surface area contributed by atoms with Gasteiger partial charge >= 0.3 is 0 Å². The molecule has 1 aliphatic rings. The maximum Gasteiger partial charge on any atom is 0.264 e. The van der Waals surface area contributed by atoms with E-state index in [0.29, 0.717) is 19.6 Å². The van der Waals surface area contributed by atoms with Gasteiger partial charge in [0, 0.05) is 31.1 Å². The second-order valence-electron chi connectivity index (χ2n) is 5.99. The molecule has 1 fully saturated rings. The van der Waals surface area contributed by atoms with Crippen LogP contribution in [0.15, 0.2) is 41.8 Å². The lowest BCUT2D eigenvalue weighted by molar-refractivity contribution is -0.126. The summed E-state index contributed by atoms with van der Waals surface area (Å²) in [5.41, 5.74) is 2.07. The molecule has 24 heavy (non-hydrogen) atoms. The van der Waals surface area contributed by atoms with Crippen LogP contribution in [-0.2, 0) is 4.79 Å². The average molecular weight is 342 g/mol. The van der Waals surface area contributed by atoms with E-state index in [1.165, 1.54) is 11.3 Å². The van der Waals surface area contributed by atoms with Gasteiger partial charge in [0.05, 0.1) is 4.88 Å². The molecule has 0 aliphatic carbocycles. The van der Waals surface area contributed by atoms with Crippen LogP contribution >= 0.6 is 11.3 Å². The maximum absolute atomic E-state index is 12.9. The number of nitrogens with zero attached hydrogens (tertiary/aromatic N) is 1. The maximum atomic E-state index is 12.9. The third-order valence-electron chi connectivity index (χ3n) is 4.45. The summed E-state index contributed by atoms with van der Waals surface area (Å²) in [6.45, 7) is 3.88. The fourth-order valence-electron chi connectivity index (χ4n) is 3.13. The molecule has 0 bridgehead atoms. The molecule has 2 heterocycles. The lowest BCUT2D eigenvalue weighted by atomic mass is 9.95. The van der Waals surface area contributed by atoms with Crippen LogP contribution in [0.1, 0.15) is 29.4 Å². The first kappa shape index (κ1) is 16.7. The molecule has 126 valence electrons. The summed E-state index contributed by atoms with van der Waals surface area (Å²) in [7, 11) is 0. The van der Waals surface area contributed by atoms with Crippen molar-refractivity contribution in [2.45, 2.75) is 19.8 Å². The largest absolute Gasteiger partial charge is 0.356 e. The van der Waals surface area contributed by atoms with E-state index in [2.05, 4.69) is 5.32 Å². The Labute approximate surface area is 146 Å². The molecule has 5 heteroatoms. The van der Waals surface area contributed by atoms with Crippen LogP contribution in [-0.4, -0.2) is 36.3 Å². The Balaban J connectivity index is 1.69. The van der Waals surface area contributed by atoms with Crippen molar-refractivity contribution in [2.75, 3.05) is 19.6 Å². The summed E-state index contributed by atoms with van der Waals surface area (Å²) in [4.78, 5) is 27.5. The van der Waals surface area contributed by atoms with Gasteiger partial charge in [0.1, 0.15) is 0 Å². The number of nitrogens with one attached hydrogen (secondary N) is 1. The summed E-state index contributed by atoms with van der Waals surface area (Å²) in [6, 6.07) is 12.0. The predicted molar refractivity (Wildman–Crippen MR) is 97.1 cm³/mol. The van der Waals surface area contributed by atoms with E-state index in [4.69, 9.17) is 0 Å². The van der Waals surface area contributed by atoms with Gasteiger partial charge in [-0.25, -0.2) is 0 Å². The standard InChI is InChI=1S/C19H22N2O2S/c1-2-20-18(22)15-8-11-21(12-9-15)19(23)17-16(10-13-24-17)14-6-4-3-5-7-14/h3-7,10,13,15H,2,8-9,11-12H2,1H3,(H,20,22). The van der Waals surface area contributed by atoms with Gasteiger partial charge in [-0.3, -0.25) is 9.59 Å². The zero-order chi connectivity index (χ0) is 16.9. The summed E-state index contributed by atoms with van der Waals surface area (Å²) in [5.74, 6) is 0.231. The lowest BCUT2D eigenvalue weighted by Crippen LogP contribution is -2.42. The summed E-state index contributed by atoms with van der Waals surface area (Å²) >= 11 is 1.49. The third kappa shape index (κ3) is 3.51. The van der Waals surface area contributed by atoms with Crippen molar-refractivity contribution in [2.24, 2.45) is 5.92 Å². The minimum atomic E-state index is 0.0333. The van der Waals surface area contributed by atoms with E-state index >= 15 is 0 Å². The molecule has 1 aromatic carbocycles. The SMILES string of the molecule is CCNC(=O)C1CCN(C(=O)c2sccc2-c2ccccc2)CC1. The fourth-order valence-corrected chi connectivity index (χ4v) is 4.01. The van der Waals surface area contributed by atoms with E-state index in [1.807, 2.05) is 53.6 Å². The number of hydrogen-bond acceptors (Lipinski definition) is 3. The topological polar surface area (TPSA) is 49.4 Å². The van der Waals surface area contributed by atoms with Gasteiger partial charge in [0.2, 0.25) is 5.91 Å². The van der Waals surface area contributed by atoms with Gasteiger partial charge in [-0.1, -0.05) is 30.3 Å². The minimum Gasteiger partial charge on any atom is -0.356 e. The zero-order valence-electron chi connectivity index (χ0n) is 13.8. The number of amides is 2. The van der Waals surface area contributed by atoms with Gasteiger partial charge in [-0.2, -0.15) is 0 Å². The third-order valence-corrected chi connectivity index (χ3v) is 5.35. The van der Waals surface area contributed by atoms with E-state index in [1.54, 1.807) is 0 Å². The smallest absolute Gasteiger partial charge is 0.264 e. The van der Waals surface area contributed by atoms with Crippen LogP contribution in [0.5, 0.6) is 0 Å². The van der Waals surface area contributed by atoms with E-state index in [-0.39, 0.29) is 17.7 Å². The molecule has 3 rings (SSSR count). The van der Waals surface area contributed by atoms with Crippen molar-refractivity contribution in [1.82, 2.24) is 10.2 Å². The predicted octanol–water partition coefficient (Wildman–Crippen LogP) is 3.40. The molecule has 0 atom stereocenters. The summed E-state index contributed by atoms with van der Waals surface area (Å²) in [6.07, 6.45) is 1.48. The second kappa shape index (κ2) is 7.62. The number of hydrogen-bond donors (Lipinski definition) is 1. The first-order valence-corrected chi connectivity index (χ1v) is 9.28. The Kier molecular flexibility index (Phi) is 5.30. The van der Waals surface area contributed by atoms with Crippen LogP contribution in [0.4, 0.5) is 0 Å². The Hall–Kier alpha value is -2.14.